The lowest BCUT2D eigenvalue weighted by molar-refractivity contribution is 0.219. The van der Waals surface area contributed by atoms with Crippen molar-refractivity contribution in [3.8, 4) is 0 Å². The summed E-state index contributed by atoms with van der Waals surface area (Å²) in [6.45, 7) is 1.81. The topological polar surface area (TPSA) is 38.0 Å². The SMILES string of the molecule is Cc1nn(C)c(Cl)c1C(O)c1ccccc1Cl. The molecule has 1 unspecified atom stereocenters. The molecule has 1 aromatic carbocycles. The highest BCUT2D eigenvalue weighted by Gasteiger charge is 2.22. The third-order valence-electron chi connectivity index (χ3n) is 2.67. The maximum absolute atomic E-state index is 10.3. The average molecular weight is 271 g/mol. The minimum Gasteiger partial charge on any atom is -0.383 e. The van der Waals surface area contributed by atoms with Gasteiger partial charge in [0.15, 0.2) is 0 Å². The number of aryl methyl sites for hydroxylation is 2. The van der Waals surface area contributed by atoms with Crippen LogP contribution in [0.15, 0.2) is 24.3 Å². The lowest BCUT2D eigenvalue weighted by Gasteiger charge is -2.12. The molecule has 1 aromatic heterocycles. The molecule has 17 heavy (non-hydrogen) atoms. The third kappa shape index (κ3) is 2.18. The molecule has 0 fully saturated rings. The normalized spacial score (nSPS) is 12.8. The zero-order chi connectivity index (χ0) is 12.6. The maximum Gasteiger partial charge on any atom is 0.133 e. The van der Waals surface area contributed by atoms with Gasteiger partial charge >= 0.3 is 0 Å². The van der Waals surface area contributed by atoms with Crippen molar-refractivity contribution in [3.63, 3.8) is 0 Å². The number of rotatable bonds is 2. The van der Waals surface area contributed by atoms with Crippen molar-refractivity contribution in [1.29, 1.82) is 0 Å². The van der Waals surface area contributed by atoms with E-state index < -0.39 is 6.10 Å². The quantitative estimate of drug-likeness (QED) is 0.911. The van der Waals surface area contributed by atoms with Gasteiger partial charge in [-0.2, -0.15) is 5.10 Å². The van der Waals surface area contributed by atoms with Crippen LogP contribution in [-0.2, 0) is 7.05 Å². The van der Waals surface area contributed by atoms with Gasteiger partial charge in [-0.1, -0.05) is 41.4 Å². The number of benzene rings is 1. The molecule has 2 aromatic rings. The Hall–Kier alpha value is -1.03. The summed E-state index contributed by atoms with van der Waals surface area (Å²) in [6.07, 6.45) is -0.857. The molecule has 1 N–H and O–H groups in total. The van der Waals surface area contributed by atoms with Crippen LogP contribution in [0.1, 0.15) is 22.9 Å². The highest BCUT2D eigenvalue weighted by Crippen LogP contribution is 2.33. The number of hydrogen-bond acceptors (Lipinski definition) is 2. The molecule has 1 heterocycles. The van der Waals surface area contributed by atoms with Crippen LogP contribution in [-0.4, -0.2) is 14.9 Å². The smallest absolute Gasteiger partial charge is 0.133 e. The Bertz CT molecular complexity index is 551. The van der Waals surface area contributed by atoms with Crippen LogP contribution in [0.5, 0.6) is 0 Å². The average Bonchev–Trinajstić information content (AvgIpc) is 2.53. The Labute approximate surface area is 110 Å². The van der Waals surface area contributed by atoms with Gasteiger partial charge in [-0.15, -0.1) is 0 Å². The number of aromatic nitrogens is 2. The monoisotopic (exact) mass is 270 g/mol. The standard InChI is InChI=1S/C12H12Cl2N2O/c1-7-10(12(14)16(2)15-7)11(17)8-5-3-4-6-9(8)13/h3-6,11,17H,1-2H3. The fourth-order valence-corrected chi connectivity index (χ4v) is 2.33. The van der Waals surface area contributed by atoms with Crippen molar-refractivity contribution in [2.75, 3.05) is 0 Å². The molecule has 0 bridgehead atoms. The number of hydrogen-bond donors (Lipinski definition) is 1. The van der Waals surface area contributed by atoms with Gasteiger partial charge in [0.05, 0.1) is 5.69 Å². The molecule has 0 aliphatic rings. The fourth-order valence-electron chi connectivity index (χ4n) is 1.81. The molecular weight excluding hydrogens is 259 g/mol. The highest BCUT2D eigenvalue weighted by atomic mass is 35.5. The predicted molar refractivity (Wildman–Crippen MR) is 68.5 cm³/mol. The molecule has 5 heteroatoms. The van der Waals surface area contributed by atoms with Crippen LogP contribution in [0.25, 0.3) is 0 Å². The summed E-state index contributed by atoms with van der Waals surface area (Å²) in [7, 11) is 1.73. The Morgan fingerprint density at radius 3 is 2.47 bits per heavy atom. The predicted octanol–water partition coefficient (Wildman–Crippen LogP) is 3.12. The molecule has 0 saturated carbocycles. The Kier molecular flexibility index (Phi) is 3.43. The van der Waals surface area contributed by atoms with Crippen LogP contribution < -0.4 is 0 Å². The first kappa shape index (κ1) is 12.4. The van der Waals surface area contributed by atoms with Crippen molar-refractivity contribution in [3.05, 3.63) is 51.3 Å². The van der Waals surface area contributed by atoms with Gasteiger partial charge in [0.1, 0.15) is 11.3 Å². The van der Waals surface area contributed by atoms with Crippen molar-refractivity contribution in [2.45, 2.75) is 13.0 Å². The number of nitrogens with zero attached hydrogens (tertiary/aromatic N) is 2. The van der Waals surface area contributed by atoms with E-state index in [1.807, 2.05) is 12.1 Å². The molecule has 0 aliphatic carbocycles. The summed E-state index contributed by atoms with van der Waals surface area (Å²) >= 11 is 12.2. The van der Waals surface area contributed by atoms with E-state index in [0.717, 1.165) is 0 Å². The second kappa shape index (κ2) is 4.69. The molecule has 0 saturated heterocycles. The molecule has 0 amide bonds. The van der Waals surface area contributed by atoms with E-state index in [1.165, 1.54) is 4.68 Å². The summed E-state index contributed by atoms with van der Waals surface area (Å²) in [6, 6.07) is 7.15. The maximum atomic E-state index is 10.3. The van der Waals surface area contributed by atoms with Crippen molar-refractivity contribution in [2.24, 2.45) is 7.05 Å². The summed E-state index contributed by atoms with van der Waals surface area (Å²) in [5.41, 5.74) is 1.93. The van der Waals surface area contributed by atoms with Gasteiger partial charge in [-0.05, 0) is 13.0 Å². The van der Waals surface area contributed by atoms with E-state index in [4.69, 9.17) is 23.2 Å². The first-order valence-corrected chi connectivity index (χ1v) is 5.89. The molecular formula is C12H12Cl2N2O. The van der Waals surface area contributed by atoms with Gasteiger partial charge < -0.3 is 5.11 Å². The van der Waals surface area contributed by atoms with Crippen LogP contribution in [0.2, 0.25) is 10.2 Å². The fraction of sp³-hybridized carbons (Fsp3) is 0.250. The van der Waals surface area contributed by atoms with E-state index in [9.17, 15) is 5.11 Å². The third-order valence-corrected chi connectivity index (χ3v) is 3.46. The van der Waals surface area contributed by atoms with E-state index in [-0.39, 0.29) is 0 Å². The largest absolute Gasteiger partial charge is 0.383 e. The van der Waals surface area contributed by atoms with Crippen molar-refractivity contribution >= 4 is 23.2 Å². The minimum absolute atomic E-state index is 0.426. The number of aliphatic hydroxyl groups is 1. The summed E-state index contributed by atoms with van der Waals surface area (Å²) < 4.78 is 1.53. The van der Waals surface area contributed by atoms with Gasteiger partial charge in [-0.25, -0.2) is 0 Å². The van der Waals surface area contributed by atoms with E-state index in [2.05, 4.69) is 5.10 Å². The van der Waals surface area contributed by atoms with Crippen LogP contribution in [0, 0.1) is 6.92 Å². The van der Waals surface area contributed by atoms with Crippen molar-refractivity contribution < 1.29 is 5.11 Å². The number of aliphatic hydroxyl groups excluding tert-OH is 1. The molecule has 90 valence electrons. The van der Waals surface area contributed by atoms with Gasteiger partial charge in [0.25, 0.3) is 0 Å². The van der Waals surface area contributed by atoms with Crippen LogP contribution in [0.3, 0.4) is 0 Å². The summed E-state index contributed by atoms with van der Waals surface area (Å²) in [5, 5.41) is 15.4. The van der Waals surface area contributed by atoms with Gasteiger partial charge in [-0.3, -0.25) is 4.68 Å². The second-order valence-electron chi connectivity index (χ2n) is 3.84. The second-order valence-corrected chi connectivity index (χ2v) is 4.60. The van der Waals surface area contributed by atoms with Crippen LogP contribution >= 0.6 is 23.2 Å². The van der Waals surface area contributed by atoms with E-state index in [0.29, 0.717) is 27.0 Å². The molecule has 0 radical (unpaired) electrons. The lowest BCUT2D eigenvalue weighted by atomic mass is 10.0. The number of halogens is 2. The Morgan fingerprint density at radius 2 is 1.94 bits per heavy atom. The Balaban J connectivity index is 2.51. The van der Waals surface area contributed by atoms with E-state index >= 15 is 0 Å². The van der Waals surface area contributed by atoms with Gasteiger partial charge in [0.2, 0.25) is 0 Å². The molecule has 0 spiro atoms. The van der Waals surface area contributed by atoms with Crippen molar-refractivity contribution in [1.82, 2.24) is 9.78 Å². The Morgan fingerprint density at radius 1 is 1.29 bits per heavy atom. The first-order chi connectivity index (χ1) is 8.02. The minimum atomic E-state index is -0.857. The van der Waals surface area contributed by atoms with Gasteiger partial charge in [0, 0.05) is 23.2 Å². The molecule has 0 aliphatic heterocycles. The first-order valence-electron chi connectivity index (χ1n) is 5.14. The molecule has 3 nitrogen and oxygen atoms in total. The van der Waals surface area contributed by atoms with E-state index in [1.54, 1.807) is 26.1 Å². The highest BCUT2D eigenvalue weighted by molar-refractivity contribution is 6.32. The lowest BCUT2D eigenvalue weighted by Crippen LogP contribution is -2.02. The molecule has 1 atom stereocenters. The van der Waals surface area contributed by atoms with Crippen LogP contribution in [0.4, 0.5) is 0 Å². The summed E-state index contributed by atoms with van der Waals surface area (Å²) in [4.78, 5) is 0. The zero-order valence-corrected chi connectivity index (χ0v) is 11.0. The molecule has 2 rings (SSSR count). The summed E-state index contributed by atoms with van der Waals surface area (Å²) in [5.74, 6) is 0. The zero-order valence-electron chi connectivity index (χ0n) is 9.48.